The molecule has 7 heteroatoms. The number of nitrogens with one attached hydrogen (secondary N) is 1. The molecule has 0 aliphatic carbocycles. The van der Waals surface area contributed by atoms with Gasteiger partial charge in [-0.15, -0.1) is 0 Å². The van der Waals surface area contributed by atoms with E-state index in [1.807, 2.05) is 36.4 Å². The summed E-state index contributed by atoms with van der Waals surface area (Å²) in [5, 5.41) is 4.01. The van der Waals surface area contributed by atoms with Crippen LogP contribution in [0.15, 0.2) is 71.7 Å². The van der Waals surface area contributed by atoms with Gasteiger partial charge in [-0.05, 0) is 53.9 Å². The maximum Gasteiger partial charge on any atom is 0.280 e. The Morgan fingerprint density at radius 3 is 2.43 bits per heavy atom. The number of pyridine rings is 1. The van der Waals surface area contributed by atoms with Crippen molar-refractivity contribution in [2.45, 2.75) is 26.4 Å². The normalized spacial score (nSPS) is 11.0. The number of hydrogen-bond donors (Lipinski definition) is 1. The number of fused-ring (bicyclic) bond motifs is 1. The Morgan fingerprint density at radius 1 is 1.03 bits per heavy atom. The number of amides is 1. The first-order valence-corrected chi connectivity index (χ1v) is 10.1. The number of benzene rings is 2. The van der Waals surface area contributed by atoms with Crippen LogP contribution in [0.3, 0.4) is 0 Å². The molecule has 0 bridgehead atoms. The van der Waals surface area contributed by atoms with Crippen molar-refractivity contribution in [2.75, 3.05) is 0 Å². The molecule has 0 saturated carbocycles. The number of halogens is 1. The zero-order chi connectivity index (χ0) is 21.1. The second kappa shape index (κ2) is 8.55. The van der Waals surface area contributed by atoms with E-state index < -0.39 is 0 Å². The van der Waals surface area contributed by atoms with Gasteiger partial charge < -0.3 is 5.32 Å². The molecule has 4 rings (SSSR count). The monoisotopic (exact) mass is 420 g/mol. The van der Waals surface area contributed by atoms with Crippen LogP contribution in [0.25, 0.3) is 16.7 Å². The van der Waals surface area contributed by atoms with Crippen LogP contribution >= 0.6 is 11.6 Å². The average molecular weight is 421 g/mol. The van der Waals surface area contributed by atoms with Crippen molar-refractivity contribution < 1.29 is 4.79 Å². The van der Waals surface area contributed by atoms with Crippen LogP contribution in [-0.2, 0) is 24.3 Å². The lowest BCUT2D eigenvalue weighted by Gasteiger charge is -2.13. The second-order valence-electron chi connectivity index (χ2n) is 6.97. The molecule has 4 aromatic rings. The summed E-state index contributed by atoms with van der Waals surface area (Å²) in [5.74, 6) is -0.216. The van der Waals surface area contributed by atoms with E-state index in [1.165, 1.54) is 10.2 Å². The van der Waals surface area contributed by atoms with Gasteiger partial charge in [0.05, 0.1) is 11.1 Å². The van der Waals surface area contributed by atoms with Crippen LogP contribution in [-0.4, -0.2) is 20.3 Å². The van der Waals surface area contributed by atoms with E-state index in [-0.39, 0.29) is 18.0 Å². The van der Waals surface area contributed by atoms with Gasteiger partial charge in [0.2, 0.25) is 5.91 Å². The molecular formula is C23H21ClN4O2. The van der Waals surface area contributed by atoms with Crippen molar-refractivity contribution in [3.8, 4) is 5.69 Å². The van der Waals surface area contributed by atoms with E-state index in [0.717, 1.165) is 12.0 Å². The van der Waals surface area contributed by atoms with Crippen molar-refractivity contribution in [2.24, 2.45) is 0 Å². The Kier molecular flexibility index (Phi) is 5.68. The van der Waals surface area contributed by atoms with Crippen LogP contribution < -0.4 is 10.9 Å². The summed E-state index contributed by atoms with van der Waals surface area (Å²) in [7, 11) is 0. The molecular weight excluding hydrogens is 400 g/mol. The van der Waals surface area contributed by atoms with Gasteiger partial charge in [-0.2, -0.15) is 0 Å². The highest BCUT2D eigenvalue weighted by atomic mass is 35.5. The van der Waals surface area contributed by atoms with E-state index in [2.05, 4.69) is 17.2 Å². The highest BCUT2D eigenvalue weighted by molar-refractivity contribution is 6.30. The summed E-state index contributed by atoms with van der Waals surface area (Å²) < 4.78 is 3.13. The third-order valence-electron chi connectivity index (χ3n) is 4.98. The van der Waals surface area contributed by atoms with E-state index in [4.69, 9.17) is 11.6 Å². The summed E-state index contributed by atoms with van der Waals surface area (Å²) >= 11 is 5.90. The van der Waals surface area contributed by atoms with Gasteiger partial charge in [0.15, 0.2) is 5.65 Å². The van der Waals surface area contributed by atoms with Crippen molar-refractivity contribution in [1.82, 2.24) is 19.7 Å². The zero-order valence-corrected chi connectivity index (χ0v) is 17.3. The topological polar surface area (TPSA) is 68.9 Å². The van der Waals surface area contributed by atoms with Gasteiger partial charge in [-0.3, -0.25) is 14.3 Å². The van der Waals surface area contributed by atoms with Gasteiger partial charge in [0.1, 0.15) is 6.54 Å². The van der Waals surface area contributed by atoms with Gasteiger partial charge in [0, 0.05) is 17.8 Å². The van der Waals surface area contributed by atoms with E-state index in [9.17, 15) is 9.59 Å². The molecule has 2 aromatic carbocycles. The molecule has 6 nitrogen and oxygen atoms in total. The van der Waals surface area contributed by atoms with Crippen LogP contribution in [0.4, 0.5) is 0 Å². The molecule has 0 saturated heterocycles. The molecule has 30 heavy (non-hydrogen) atoms. The molecule has 0 radical (unpaired) electrons. The number of aryl methyl sites for hydroxylation is 1. The minimum absolute atomic E-state index is 0.0289. The molecule has 0 atom stereocenters. The van der Waals surface area contributed by atoms with Crippen LogP contribution in [0, 0.1) is 0 Å². The van der Waals surface area contributed by atoms with Crippen molar-refractivity contribution in [1.29, 1.82) is 0 Å². The highest BCUT2D eigenvalue weighted by Crippen LogP contribution is 2.15. The molecule has 0 fully saturated rings. The van der Waals surface area contributed by atoms with Gasteiger partial charge in [-0.25, -0.2) is 9.67 Å². The van der Waals surface area contributed by atoms with Crippen LogP contribution in [0.1, 0.15) is 18.1 Å². The number of carbonyl (C=O) groups excluding carboxylic acids is 1. The smallest absolute Gasteiger partial charge is 0.280 e. The largest absolute Gasteiger partial charge is 0.350 e. The molecule has 2 heterocycles. The van der Waals surface area contributed by atoms with Gasteiger partial charge in [0.25, 0.3) is 5.56 Å². The summed E-state index contributed by atoms with van der Waals surface area (Å²) in [6, 6.07) is 18.5. The number of nitrogens with zero attached hydrogens (tertiary/aromatic N) is 3. The second-order valence-corrected chi connectivity index (χ2v) is 7.41. The first kappa shape index (κ1) is 19.9. The maximum atomic E-state index is 13.1. The third kappa shape index (κ3) is 4.00. The average Bonchev–Trinajstić information content (AvgIpc) is 3.05. The summed E-state index contributed by atoms with van der Waals surface area (Å²) in [4.78, 5) is 30.1. The molecule has 0 aliphatic heterocycles. The fourth-order valence-corrected chi connectivity index (χ4v) is 3.48. The van der Waals surface area contributed by atoms with Crippen LogP contribution in [0.2, 0.25) is 5.02 Å². The molecule has 0 spiro atoms. The fourth-order valence-electron chi connectivity index (χ4n) is 3.36. The lowest BCUT2D eigenvalue weighted by atomic mass is 10.1. The molecule has 152 valence electrons. The standard InChI is InChI=1S/C23H21ClN4O2/c1-2-16-7-11-19(12-8-16)28-23(30)20-4-3-13-25-22(20)27(28)15-21(29)26-14-17-5-9-18(24)10-6-17/h3-13H,2,14-15H2,1H3,(H,26,29). The van der Waals surface area contributed by atoms with Crippen molar-refractivity contribution in [3.05, 3.63) is 93.4 Å². The first-order chi connectivity index (χ1) is 14.6. The Balaban J connectivity index is 1.65. The predicted molar refractivity (Wildman–Crippen MR) is 118 cm³/mol. The highest BCUT2D eigenvalue weighted by Gasteiger charge is 2.17. The minimum atomic E-state index is -0.216. The SMILES string of the molecule is CCc1ccc(-n2c(=O)c3cccnc3n2CC(=O)NCc2ccc(Cl)cc2)cc1. The van der Waals surface area contributed by atoms with E-state index in [0.29, 0.717) is 28.3 Å². The summed E-state index contributed by atoms with van der Waals surface area (Å²) in [6.07, 6.45) is 2.53. The van der Waals surface area contributed by atoms with Crippen molar-refractivity contribution in [3.63, 3.8) is 0 Å². The lowest BCUT2D eigenvalue weighted by molar-refractivity contribution is -0.122. The Morgan fingerprint density at radius 2 is 1.73 bits per heavy atom. The molecule has 0 unspecified atom stereocenters. The van der Waals surface area contributed by atoms with E-state index in [1.54, 1.807) is 35.1 Å². The quantitative estimate of drug-likeness (QED) is 0.517. The Hall–Kier alpha value is -3.38. The Bertz CT molecular complexity index is 1240. The third-order valence-corrected chi connectivity index (χ3v) is 5.23. The molecule has 0 aliphatic rings. The number of hydrogen-bond acceptors (Lipinski definition) is 3. The number of rotatable bonds is 6. The van der Waals surface area contributed by atoms with Crippen LogP contribution in [0.5, 0.6) is 0 Å². The summed E-state index contributed by atoms with van der Waals surface area (Å²) in [6.45, 7) is 2.42. The summed E-state index contributed by atoms with van der Waals surface area (Å²) in [5.41, 5.74) is 3.08. The lowest BCUT2D eigenvalue weighted by Crippen LogP contribution is -2.31. The molecule has 1 N–H and O–H groups in total. The van der Waals surface area contributed by atoms with Crippen molar-refractivity contribution >= 4 is 28.5 Å². The number of carbonyl (C=O) groups is 1. The van der Waals surface area contributed by atoms with Gasteiger partial charge >= 0.3 is 0 Å². The fraction of sp³-hybridized carbons (Fsp3) is 0.174. The molecule has 2 aromatic heterocycles. The number of aromatic nitrogens is 3. The van der Waals surface area contributed by atoms with Gasteiger partial charge in [-0.1, -0.05) is 42.8 Å². The predicted octanol–water partition coefficient (Wildman–Crippen LogP) is 3.72. The Labute approximate surface area is 178 Å². The minimum Gasteiger partial charge on any atom is -0.350 e. The molecule has 1 amide bonds. The maximum absolute atomic E-state index is 13.1. The first-order valence-electron chi connectivity index (χ1n) is 9.74. The van der Waals surface area contributed by atoms with E-state index >= 15 is 0 Å². The zero-order valence-electron chi connectivity index (χ0n) is 16.5.